The summed E-state index contributed by atoms with van der Waals surface area (Å²) in [6.45, 7) is 14.1. The highest BCUT2D eigenvalue weighted by Crippen LogP contribution is 2.56. The van der Waals surface area contributed by atoms with Gasteiger partial charge in [-0.15, -0.1) is 0 Å². The third-order valence-corrected chi connectivity index (χ3v) is 8.75. The van der Waals surface area contributed by atoms with Gasteiger partial charge in [0.05, 0.1) is 4.92 Å². The van der Waals surface area contributed by atoms with Crippen LogP contribution in [0.1, 0.15) is 61.4 Å². The summed E-state index contributed by atoms with van der Waals surface area (Å²) in [5.74, 6) is 0.199. The van der Waals surface area contributed by atoms with E-state index in [2.05, 4.69) is 56.5 Å². The van der Waals surface area contributed by atoms with Crippen LogP contribution in [0.4, 0.5) is 5.69 Å². The van der Waals surface area contributed by atoms with Crippen molar-refractivity contribution in [1.82, 2.24) is 4.90 Å². The first kappa shape index (κ1) is 23.9. The van der Waals surface area contributed by atoms with E-state index in [1.54, 1.807) is 13.0 Å². The van der Waals surface area contributed by atoms with Crippen molar-refractivity contribution in [2.24, 2.45) is 11.3 Å². The number of hydrogen-bond donors (Lipinski definition) is 0. The summed E-state index contributed by atoms with van der Waals surface area (Å²) in [5.41, 5.74) is 8.44. The molecule has 35 heavy (non-hydrogen) atoms. The average Bonchev–Trinajstić information content (AvgIpc) is 3.00. The van der Waals surface area contributed by atoms with Gasteiger partial charge < -0.3 is 4.90 Å². The molecule has 0 N–H and O–H groups in total. The Morgan fingerprint density at radius 3 is 2.63 bits per heavy atom. The van der Waals surface area contributed by atoms with Crippen LogP contribution in [-0.2, 0) is 24.8 Å². The van der Waals surface area contributed by atoms with Crippen molar-refractivity contribution in [3.05, 3.63) is 109 Å². The van der Waals surface area contributed by atoms with E-state index in [4.69, 9.17) is 11.6 Å². The first-order valence-electron chi connectivity index (χ1n) is 12.4. The zero-order valence-corrected chi connectivity index (χ0v) is 21.8. The maximum absolute atomic E-state index is 11.3. The number of halogens is 1. The van der Waals surface area contributed by atoms with Gasteiger partial charge in [-0.1, -0.05) is 56.3 Å². The normalized spacial score (nSPS) is 25.0. The topological polar surface area (TPSA) is 46.4 Å². The molecule has 1 aliphatic heterocycles. The zero-order chi connectivity index (χ0) is 25.1. The summed E-state index contributed by atoms with van der Waals surface area (Å²) in [4.78, 5) is 13.3. The van der Waals surface area contributed by atoms with Gasteiger partial charge in [-0.25, -0.2) is 0 Å². The van der Waals surface area contributed by atoms with Crippen LogP contribution in [-0.4, -0.2) is 9.82 Å². The molecule has 182 valence electrons. The standard InChI is InChI=1S/C30H33ClN2O2/c1-19-14-21(6-10-27(19)33(34)35)18-32-20(2)30(5,26-16-25(31)9-11-28(26)32)24-8-7-23-17-29(3,4)13-12-22(23)15-24/h6-11,14-15,26H,2,12-13,16-18H2,1,3-5H3/t26?,30-/m0/s1. The second kappa shape index (κ2) is 8.37. The van der Waals surface area contributed by atoms with E-state index in [1.807, 2.05) is 18.2 Å². The molecule has 1 fully saturated rings. The Morgan fingerprint density at radius 1 is 1.14 bits per heavy atom. The number of benzene rings is 2. The summed E-state index contributed by atoms with van der Waals surface area (Å²) >= 11 is 6.57. The van der Waals surface area contributed by atoms with Crippen LogP contribution in [0.5, 0.6) is 0 Å². The first-order valence-corrected chi connectivity index (χ1v) is 12.8. The quantitative estimate of drug-likeness (QED) is 0.326. The van der Waals surface area contributed by atoms with E-state index < -0.39 is 0 Å². The maximum atomic E-state index is 11.3. The lowest BCUT2D eigenvalue weighted by Crippen LogP contribution is -2.31. The van der Waals surface area contributed by atoms with Gasteiger partial charge in [0.1, 0.15) is 0 Å². The minimum Gasteiger partial charge on any atom is -0.344 e. The Kier molecular flexibility index (Phi) is 5.71. The third-order valence-electron chi connectivity index (χ3n) is 8.47. The van der Waals surface area contributed by atoms with E-state index in [0.717, 1.165) is 35.6 Å². The van der Waals surface area contributed by atoms with Crippen molar-refractivity contribution in [2.75, 3.05) is 0 Å². The van der Waals surface area contributed by atoms with Crippen molar-refractivity contribution in [3.63, 3.8) is 0 Å². The number of rotatable bonds is 4. The SMILES string of the molecule is C=C1N(Cc2ccc([N+](=O)[O-])c(C)c2)C2=CC=C(Cl)CC2[C@]1(C)c1ccc2c(c1)CCC(C)(C)C2. The van der Waals surface area contributed by atoms with E-state index in [-0.39, 0.29) is 21.9 Å². The van der Waals surface area contributed by atoms with E-state index in [0.29, 0.717) is 17.5 Å². The van der Waals surface area contributed by atoms with Crippen LogP contribution in [0, 0.1) is 28.4 Å². The second-order valence-corrected chi connectivity index (χ2v) is 11.9. The van der Waals surface area contributed by atoms with Crippen molar-refractivity contribution >= 4 is 17.3 Å². The molecular weight excluding hydrogens is 456 g/mol. The Morgan fingerprint density at radius 2 is 1.91 bits per heavy atom. The average molecular weight is 489 g/mol. The number of nitro groups is 1. The summed E-state index contributed by atoms with van der Waals surface area (Å²) in [6, 6.07) is 12.4. The number of hydrogen-bond acceptors (Lipinski definition) is 3. The molecule has 5 heteroatoms. The molecule has 2 aromatic carbocycles. The number of likely N-dealkylation sites (tertiary alicyclic amines) is 1. The molecular formula is C30H33ClN2O2. The van der Waals surface area contributed by atoms with Gasteiger partial charge in [-0.05, 0) is 85.4 Å². The van der Waals surface area contributed by atoms with E-state index >= 15 is 0 Å². The predicted molar refractivity (Wildman–Crippen MR) is 142 cm³/mol. The van der Waals surface area contributed by atoms with Crippen LogP contribution in [0.3, 0.4) is 0 Å². The van der Waals surface area contributed by atoms with Crippen molar-refractivity contribution < 1.29 is 4.92 Å². The number of nitro benzene ring substituents is 1. The molecule has 0 bridgehead atoms. The zero-order valence-electron chi connectivity index (χ0n) is 21.0. The van der Waals surface area contributed by atoms with Gasteiger partial charge in [-0.2, -0.15) is 0 Å². The van der Waals surface area contributed by atoms with Gasteiger partial charge in [0.2, 0.25) is 0 Å². The predicted octanol–water partition coefficient (Wildman–Crippen LogP) is 7.73. The Balaban J connectivity index is 1.53. The third kappa shape index (κ3) is 4.02. The molecule has 1 unspecified atom stereocenters. The molecule has 1 saturated heterocycles. The van der Waals surface area contributed by atoms with Gasteiger partial charge in [-0.3, -0.25) is 10.1 Å². The second-order valence-electron chi connectivity index (χ2n) is 11.4. The fourth-order valence-corrected chi connectivity index (χ4v) is 6.48. The van der Waals surface area contributed by atoms with Gasteiger partial charge >= 0.3 is 0 Å². The highest BCUT2D eigenvalue weighted by molar-refractivity contribution is 6.29. The van der Waals surface area contributed by atoms with Gasteiger partial charge in [0.15, 0.2) is 0 Å². The molecule has 1 heterocycles. The summed E-state index contributed by atoms with van der Waals surface area (Å²) in [6.07, 6.45) is 8.34. The van der Waals surface area contributed by atoms with Gasteiger partial charge in [0, 0.05) is 45.9 Å². The van der Waals surface area contributed by atoms with Crippen LogP contribution in [0.15, 0.2) is 71.6 Å². The monoisotopic (exact) mass is 488 g/mol. The van der Waals surface area contributed by atoms with Crippen molar-refractivity contribution in [3.8, 4) is 0 Å². The molecule has 2 aliphatic carbocycles. The molecule has 0 spiro atoms. The van der Waals surface area contributed by atoms with Crippen molar-refractivity contribution in [2.45, 2.75) is 65.3 Å². The van der Waals surface area contributed by atoms with Crippen LogP contribution in [0.25, 0.3) is 0 Å². The molecule has 0 aromatic heterocycles. The Bertz CT molecular complexity index is 1310. The number of allylic oxidation sites excluding steroid dienone is 5. The summed E-state index contributed by atoms with van der Waals surface area (Å²) < 4.78 is 0. The van der Waals surface area contributed by atoms with Crippen LogP contribution >= 0.6 is 11.6 Å². The summed E-state index contributed by atoms with van der Waals surface area (Å²) in [5, 5.41) is 12.1. The smallest absolute Gasteiger partial charge is 0.272 e. The molecule has 2 atom stereocenters. The molecule has 4 nitrogen and oxygen atoms in total. The van der Waals surface area contributed by atoms with E-state index in [9.17, 15) is 10.1 Å². The minimum atomic E-state index is -0.325. The lowest BCUT2D eigenvalue weighted by atomic mass is 9.67. The molecule has 0 radical (unpaired) electrons. The Labute approximate surface area is 213 Å². The highest BCUT2D eigenvalue weighted by Gasteiger charge is 2.51. The van der Waals surface area contributed by atoms with Gasteiger partial charge in [0.25, 0.3) is 5.69 Å². The Hall–Kier alpha value is -2.85. The molecule has 3 aliphatic rings. The lowest BCUT2D eigenvalue weighted by Gasteiger charge is -2.36. The van der Waals surface area contributed by atoms with Crippen LogP contribution in [0.2, 0.25) is 0 Å². The van der Waals surface area contributed by atoms with Crippen molar-refractivity contribution in [1.29, 1.82) is 0 Å². The van der Waals surface area contributed by atoms with Crippen LogP contribution < -0.4 is 0 Å². The maximum Gasteiger partial charge on any atom is 0.272 e. The molecule has 0 saturated carbocycles. The van der Waals surface area contributed by atoms with E-state index in [1.165, 1.54) is 28.8 Å². The highest BCUT2D eigenvalue weighted by atomic mass is 35.5. The lowest BCUT2D eigenvalue weighted by molar-refractivity contribution is -0.385. The molecule has 5 rings (SSSR count). The fourth-order valence-electron chi connectivity index (χ4n) is 6.26. The number of fused-ring (bicyclic) bond motifs is 2. The first-order chi connectivity index (χ1) is 16.5. The number of aryl methyl sites for hydroxylation is 2. The molecule has 2 aromatic rings. The summed E-state index contributed by atoms with van der Waals surface area (Å²) in [7, 11) is 0. The molecule has 0 amide bonds. The minimum absolute atomic E-state index is 0.153. The number of nitrogens with zero attached hydrogens (tertiary/aromatic N) is 2. The fraction of sp³-hybridized carbons (Fsp3) is 0.400. The largest absolute Gasteiger partial charge is 0.344 e.